The number of amides is 2. The summed E-state index contributed by atoms with van der Waals surface area (Å²) in [5.41, 5.74) is 1.74. The van der Waals surface area contributed by atoms with Crippen LogP contribution in [0.4, 0.5) is 10.5 Å². The number of aryl methyl sites for hydroxylation is 1. The Bertz CT molecular complexity index is 560. The van der Waals surface area contributed by atoms with E-state index in [1.807, 2.05) is 39.0 Å². The van der Waals surface area contributed by atoms with E-state index >= 15 is 0 Å². The third-order valence-electron chi connectivity index (χ3n) is 2.80. The number of anilines is 1. The highest BCUT2D eigenvalue weighted by molar-refractivity contribution is 7.18. The molecule has 0 atom stereocenters. The molecule has 0 spiro atoms. The predicted molar refractivity (Wildman–Crippen MR) is 76.3 cm³/mol. The highest BCUT2D eigenvalue weighted by Crippen LogP contribution is 2.24. The van der Waals surface area contributed by atoms with E-state index in [2.05, 4.69) is 10.3 Å². The van der Waals surface area contributed by atoms with Gasteiger partial charge in [-0.1, -0.05) is 0 Å². The van der Waals surface area contributed by atoms with Gasteiger partial charge in [0.05, 0.1) is 15.2 Å². The molecule has 2 rings (SSSR count). The highest BCUT2D eigenvalue weighted by Gasteiger charge is 2.10. The molecule has 18 heavy (non-hydrogen) atoms. The fourth-order valence-corrected chi connectivity index (χ4v) is 2.64. The Labute approximate surface area is 111 Å². The van der Waals surface area contributed by atoms with Crippen LogP contribution in [-0.4, -0.2) is 29.0 Å². The van der Waals surface area contributed by atoms with Gasteiger partial charge < -0.3 is 10.2 Å². The largest absolute Gasteiger partial charge is 0.325 e. The lowest BCUT2D eigenvalue weighted by atomic mass is 10.3. The van der Waals surface area contributed by atoms with Crippen molar-refractivity contribution in [2.75, 3.05) is 18.4 Å². The lowest BCUT2D eigenvalue weighted by Gasteiger charge is -2.19. The number of hydrogen-bond donors (Lipinski definition) is 1. The summed E-state index contributed by atoms with van der Waals surface area (Å²) in [6, 6.07) is 5.77. The average Bonchev–Trinajstić information content (AvgIpc) is 2.70. The van der Waals surface area contributed by atoms with Crippen LogP contribution < -0.4 is 5.32 Å². The third-order valence-corrected chi connectivity index (χ3v) is 3.75. The van der Waals surface area contributed by atoms with Crippen molar-refractivity contribution in [2.24, 2.45) is 0 Å². The molecular formula is C13H17N3OS. The molecular weight excluding hydrogens is 246 g/mol. The summed E-state index contributed by atoms with van der Waals surface area (Å²) >= 11 is 1.66. The van der Waals surface area contributed by atoms with Gasteiger partial charge in [-0.2, -0.15) is 0 Å². The van der Waals surface area contributed by atoms with Gasteiger partial charge in [0.25, 0.3) is 0 Å². The second kappa shape index (κ2) is 5.35. The Morgan fingerprint density at radius 2 is 2.11 bits per heavy atom. The van der Waals surface area contributed by atoms with Crippen molar-refractivity contribution in [1.82, 2.24) is 9.88 Å². The van der Waals surface area contributed by atoms with Crippen LogP contribution in [-0.2, 0) is 0 Å². The molecule has 1 heterocycles. The first-order valence-electron chi connectivity index (χ1n) is 6.07. The molecule has 2 aromatic rings. The van der Waals surface area contributed by atoms with Crippen LogP contribution in [0.1, 0.15) is 18.9 Å². The molecule has 2 amide bonds. The number of hydrogen-bond acceptors (Lipinski definition) is 3. The van der Waals surface area contributed by atoms with Crippen molar-refractivity contribution in [3.8, 4) is 0 Å². The first-order valence-corrected chi connectivity index (χ1v) is 6.88. The zero-order chi connectivity index (χ0) is 13.1. The molecule has 1 N–H and O–H groups in total. The topological polar surface area (TPSA) is 45.2 Å². The maximum Gasteiger partial charge on any atom is 0.321 e. The number of carbonyl (C=O) groups is 1. The number of benzene rings is 1. The van der Waals surface area contributed by atoms with E-state index in [0.717, 1.165) is 20.9 Å². The molecule has 0 aliphatic heterocycles. The number of nitrogens with zero attached hydrogens (tertiary/aromatic N) is 2. The number of fused-ring (bicyclic) bond motifs is 1. The van der Waals surface area contributed by atoms with E-state index in [9.17, 15) is 4.79 Å². The molecule has 4 nitrogen and oxygen atoms in total. The van der Waals surface area contributed by atoms with Crippen molar-refractivity contribution < 1.29 is 4.79 Å². The summed E-state index contributed by atoms with van der Waals surface area (Å²) < 4.78 is 1.15. The maximum atomic E-state index is 11.9. The van der Waals surface area contributed by atoms with Crippen LogP contribution in [0.5, 0.6) is 0 Å². The zero-order valence-electron chi connectivity index (χ0n) is 10.9. The van der Waals surface area contributed by atoms with Crippen molar-refractivity contribution >= 4 is 33.3 Å². The van der Waals surface area contributed by atoms with Gasteiger partial charge in [0.2, 0.25) is 0 Å². The molecule has 0 unspecified atom stereocenters. The first-order chi connectivity index (χ1) is 8.63. The van der Waals surface area contributed by atoms with Crippen LogP contribution in [0.3, 0.4) is 0 Å². The molecule has 0 radical (unpaired) electrons. The van der Waals surface area contributed by atoms with Crippen LogP contribution in [0.15, 0.2) is 18.2 Å². The minimum Gasteiger partial charge on any atom is -0.325 e. The fraction of sp³-hybridized carbons (Fsp3) is 0.385. The van der Waals surface area contributed by atoms with Gasteiger partial charge in [0, 0.05) is 18.8 Å². The van der Waals surface area contributed by atoms with Crippen LogP contribution in [0, 0.1) is 6.92 Å². The molecule has 96 valence electrons. The lowest BCUT2D eigenvalue weighted by molar-refractivity contribution is 0.217. The average molecular weight is 263 g/mol. The third kappa shape index (κ3) is 2.61. The number of rotatable bonds is 3. The standard InChI is InChI=1S/C13H17N3OS/c1-4-16(5-2)13(17)15-10-6-7-12-11(8-10)14-9(3)18-12/h6-8H,4-5H2,1-3H3,(H,15,17). The molecule has 0 saturated carbocycles. The van der Waals surface area contributed by atoms with Gasteiger partial charge in [0.1, 0.15) is 0 Å². The number of thiazole rings is 1. The molecule has 0 aliphatic rings. The summed E-state index contributed by atoms with van der Waals surface area (Å²) in [7, 11) is 0. The fourth-order valence-electron chi connectivity index (χ4n) is 1.83. The van der Waals surface area contributed by atoms with E-state index in [0.29, 0.717) is 13.1 Å². The number of carbonyl (C=O) groups excluding carboxylic acids is 1. The van der Waals surface area contributed by atoms with E-state index in [1.165, 1.54) is 0 Å². The Balaban J connectivity index is 2.18. The minimum atomic E-state index is -0.0636. The number of nitrogens with one attached hydrogen (secondary N) is 1. The number of urea groups is 1. The van der Waals surface area contributed by atoms with E-state index < -0.39 is 0 Å². The lowest BCUT2D eigenvalue weighted by Crippen LogP contribution is -2.34. The van der Waals surface area contributed by atoms with Crippen molar-refractivity contribution in [2.45, 2.75) is 20.8 Å². The molecule has 1 aromatic heterocycles. The highest BCUT2D eigenvalue weighted by atomic mass is 32.1. The Morgan fingerprint density at radius 3 is 2.78 bits per heavy atom. The quantitative estimate of drug-likeness (QED) is 0.921. The van der Waals surface area contributed by atoms with Gasteiger partial charge in [-0.15, -0.1) is 11.3 Å². The smallest absolute Gasteiger partial charge is 0.321 e. The van der Waals surface area contributed by atoms with Crippen LogP contribution in [0.25, 0.3) is 10.2 Å². The molecule has 1 aromatic carbocycles. The molecule has 0 bridgehead atoms. The summed E-state index contributed by atoms with van der Waals surface area (Å²) in [4.78, 5) is 18.1. The Kier molecular flexibility index (Phi) is 3.81. The van der Waals surface area contributed by atoms with Crippen molar-refractivity contribution in [3.05, 3.63) is 23.2 Å². The first kappa shape index (κ1) is 12.8. The van der Waals surface area contributed by atoms with E-state index in [-0.39, 0.29) is 6.03 Å². The molecule has 0 fully saturated rings. The van der Waals surface area contributed by atoms with Gasteiger partial charge >= 0.3 is 6.03 Å². The minimum absolute atomic E-state index is 0.0636. The maximum absolute atomic E-state index is 11.9. The van der Waals surface area contributed by atoms with Gasteiger partial charge in [-0.05, 0) is 39.0 Å². The zero-order valence-corrected chi connectivity index (χ0v) is 11.7. The Morgan fingerprint density at radius 1 is 1.39 bits per heavy atom. The molecule has 5 heteroatoms. The van der Waals surface area contributed by atoms with Crippen LogP contribution in [0.2, 0.25) is 0 Å². The summed E-state index contributed by atoms with van der Waals surface area (Å²) in [5.74, 6) is 0. The van der Waals surface area contributed by atoms with E-state index in [1.54, 1.807) is 16.2 Å². The van der Waals surface area contributed by atoms with Gasteiger partial charge in [-0.25, -0.2) is 9.78 Å². The second-order valence-electron chi connectivity index (χ2n) is 4.02. The molecule has 0 aliphatic carbocycles. The van der Waals surface area contributed by atoms with Crippen molar-refractivity contribution in [1.29, 1.82) is 0 Å². The summed E-state index contributed by atoms with van der Waals surface area (Å²) in [6.07, 6.45) is 0. The van der Waals surface area contributed by atoms with Crippen LogP contribution >= 0.6 is 11.3 Å². The normalized spacial score (nSPS) is 10.6. The SMILES string of the molecule is CCN(CC)C(=O)Nc1ccc2sc(C)nc2c1. The van der Waals surface area contributed by atoms with Gasteiger partial charge in [-0.3, -0.25) is 0 Å². The van der Waals surface area contributed by atoms with Gasteiger partial charge in [0.15, 0.2) is 0 Å². The molecule has 0 saturated heterocycles. The summed E-state index contributed by atoms with van der Waals surface area (Å²) in [5, 5.41) is 3.94. The monoisotopic (exact) mass is 263 g/mol. The Hall–Kier alpha value is -1.62. The number of aromatic nitrogens is 1. The second-order valence-corrected chi connectivity index (χ2v) is 5.25. The van der Waals surface area contributed by atoms with Crippen molar-refractivity contribution in [3.63, 3.8) is 0 Å². The van der Waals surface area contributed by atoms with E-state index in [4.69, 9.17) is 0 Å². The summed E-state index contributed by atoms with van der Waals surface area (Å²) in [6.45, 7) is 7.34. The predicted octanol–water partition coefficient (Wildman–Crippen LogP) is 3.48.